The summed E-state index contributed by atoms with van der Waals surface area (Å²) in [4.78, 5) is 7.00. The number of fused-ring (bicyclic) bond motifs is 8. The molecular weight excluding hydrogens is 536 g/mol. The van der Waals surface area contributed by atoms with Crippen LogP contribution in [0.25, 0.3) is 65.5 Å². The van der Waals surface area contributed by atoms with Crippen LogP contribution in [-0.4, -0.2) is 4.98 Å². The fraction of sp³-hybridized carbons (Fsp3) is 0. The van der Waals surface area contributed by atoms with E-state index in [9.17, 15) is 0 Å². The number of hydrogen-bond donors (Lipinski definition) is 0. The van der Waals surface area contributed by atoms with Crippen LogP contribution in [0.4, 0.5) is 17.1 Å². The molecule has 0 N–H and O–H groups in total. The van der Waals surface area contributed by atoms with E-state index >= 15 is 0 Å². The van der Waals surface area contributed by atoms with Gasteiger partial charge in [0, 0.05) is 34.0 Å². The molecule has 206 valence electrons. The lowest BCUT2D eigenvalue weighted by atomic mass is 9.98. The number of nitrogens with zero attached hydrogens (tertiary/aromatic N) is 2. The smallest absolute Gasteiger partial charge is 0.153 e. The van der Waals surface area contributed by atoms with Crippen molar-refractivity contribution >= 4 is 71.4 Å². The second-order valence-corrected chi connectivity index (χ2v) is 11.2. The summed E-state index contributed by atoms with van der Waals surface area (Å²) in [5.74, 6) is 0. The first-order valence-electron chi connectivity index (χ1n) is 14.9. The molecule has 0 aliphatic rings. The monoisotopic (exact) mass is 562 g/mol. The van der Waals surface area contributed by atoms with Crippen molar-refractivity contribution < 1.29 is 4.42 Å². The molecule has 9 rings (SSSR count). The van der Waals surface area contributed by atoms with Crippen LogP contribution >= 0.6 is 0 Å². The van der Waals surface area contributed by atoms with E-state index in [1.54, 1.807) is 0 Å². The molecule has 0 unspecified atom stereocenters. The highest BCUT2D eigenvalue weighted by Gasteiger charge is 2.18. The Hall–Kier alpha value is -5.93. The van der Waals surface area contributed by atoms with Gasteiger partial charge in [0.25, 0.3) is 0 Å². The van der Waals surface area contributed by atoms with E-state index in [4.69, 9.17) is 4.42 Å². The first kappa shape index (κ1) is 24.6. The molecule has 9 aromatic rings. The van der Waals surface area contributed by atoms with Crippen LogP contribution in [0.3, 0.4) is 0 Å². The highest BCUT2D eigenvalue weighted by atomic mass is 16.3. The van der Waals surface area contributed by atoms with E-state index in [1.807, 2.05) is 18.3 Å². The third kappa shape index (κ3) is 3.94. The Morgan fingerprint density at radius 2 is 1.16 bits per heavy atom. The van der Waals surface area contributed by atoms with Crippen molar-refractivity contribution in [3.05, 3.63) is 158 Å². The summed E-state index contributed by atoms with van der Waals surface area (Å²) in [7, 11) is 0. The second kappa shape index (κ2) is 9.82. The summed E-state index contributed by atoms with van der Waals surface area (Å²) >= 11 is 0. The van der Waals surface area contributed by atoms with Crippen LogP contribution in [-0.2, 0) is 0 Å². The van der Waals surface area contributed by atoms with E-state index in [0.29, 0.717) is 0 Å². The van der Waals surface area contributed by atoms with Gasteiger partial charge in [-0.3, -0.25) is 4.98 Å². The van der Waals surface area contributed by atoms with E-state index < -0.39 is 0 Å². The maximum Gasteiger partial charge on any atom is 0.153 e. The molecule has 0 aliphatic heterocycles. The van der Waals surface area contributed by atoms with Crippen LogP contribution < -0.4 is 4.90 Å². The number of aromatic nitrogens is 1. The molecule has 0 saturated carbocycles. The predicted octanol–water partition coefficient (Wildman–Crippen LogP) is 11.6. The number of hydrogen-bond acceptors (Lipinski definition) is 3. The van der Waals surface area contributed by atoms with Gasteiger partial charge in [-0.2, -0.15) is 0 Å². The summed E-state index contributed by atoms with van der Waals surface area (Å²) in [6.07, 6.45) is 1.83. The average molecular weight is 563 g/mol. The molecule has 0 bridgehead atoms. The lowest BCUT2D eigenvalue weighted by Crippen LogP contribution is -2.10. The molecule has 0 atom stereocenters. The largest absolute Gasteiger partial charge is 0.454 e. The molecular formula is C41H26N2O. The molecule has 0 fully saturated rings. The van der Waals surface area contributed by atoms with Gasteiger partial charge in [-0.1, -0.05) is 97.1 Å². The number of pyridine rings is 1. The molecule has 3 nitrogen and oxygen atoms in total. The predicted molar refractivity (Wildman–Crippen MR) is 184 cm³/mol. The fourth-order valence-corrected chi connectivity index (χ4v) is 6.54. The van der Waals surface area contributed by atoms with Gasteiger partial charge >= 0.3 is 0 Å². The molecule has 44 heavy (non-hydrogen) atoms. The van der Waals surface area contributed by atoms with Gasteiger partial charge in [0.1, 0.15) is 11.1 Å². The Morgan fingerprint density at radius 3 is 2.07 bits per heavy atom. The standard InChI is InChI=1S/C41H26N2O/c1-2-8-27(9-3-1)32-12-6-13-33(24-32)43(34-20-17-28-10-4-5-11-31(28)25-34)35-21-18-29-15-16-30-19-22-36-40-38(14-7-23-42-40)44-41(36)39(30)37(29)26-35/h1-26H. The van der Waals surface area contributed by atoms with Crippen LogP contribution in [0.2, 0.25) is 0 Å². The van der Waals surface area contributed by atoms with Crippen molar-refractivity contribution in [3.8, 4) is 11.1 Å². The zero-order valence-electron chi connectivity index (χ0n) is 23.8. The fourth-order valence-electron chi connectivity index (χ4n) is 6.54. The molecule has 0 spiro atoms. The maximum absolute atomic E-state index is 6.48. The number of rotatable bonds is 4. The Balaban J connectivity index is 1.31. The molecule has 0 radical (unpaired) electrons. The normalized spacial score (nSPS) is 11.6. The van der Waals surface area contributed by atoms with Crippen LogP contribution in [0.1, 0.15) is 0 Å². The average Bonchev–Trinajstić information content (AvgIpc) is 3.48. The van der Waals surface area contributed by atoms with Crippen LogP contribution in [0.15, 0.2) is 162 Å². The van der Waals surface area contributed by atoms with Gasteiger partial charge in [-0.25, -0.2) is 0 Å². The summed E-state index contributed by atoms with van der Waals surface area (Å²) in [6, 6.07) is 53.9. The van der Waals surface area contributed by atoms with E-state index in [-0.39, 0.29) is 0 Å². The van der Waals surface area contributed by atoms with Gasteiger partial charge in [0.15, 0.2) is 5.58 Å². The van der Waals surface area contributed by atoms with Crippen molar-refractivity contribution in [1.82, 2.24) is 4.98 Å². The molecule has 2 aromatic heterocycles. The quantitative estimate of drug-likeness (QED) is 0.200. The number of anilines is 3. The molecule has 0 saturated heterocycles. The Kier molecular flexibility index (Phi) is 5.50. The van der Waals surface area contributed by atoms with Gasteiger partial charge in [0.05, 0.1) is 0 Å². The zero-order chi connectivity index (χ0) is 29.0. The van der Waals surface area contributed by atoms with E-state index in [1.165, 1.54) is 27.3 Å². The molecule has 2 heterocycles. The molecule has 0 amide bonds. The number of furan rings is 1. The summed E-state index contributed by atoms with van der Waals surface area (Å²) < 4.78 is 6.48. The molecule has 3 heteroatoms. The highest BCUT2D eigenvalue weighted by Crippen LogP contribution is 2.42. The summed E-state index contributed by atoms with van der Waals surface area (Å²) in [5, 5.41) is 8.03. The Morgan fingerprint density at radius 1 is 0.455 bits per heavy atom. The highest BCUT2D eigenvalue weighted by molar-refractivity contribution is 6.22. The first-order chi connectivity index (χ1) is 21.8. The van der Waals surface area contributed by atoms with Crippen LogP contribution in [0, 0.1) is 0 Å². The topological polar surface area (TPSA) is 29.3 Å². The first-order valence-corrected chi connectivity index (χ1v) is 14.9. The van der Waals surface area contributed by atoms with Gasteiger partial charge in [0.2, 0.25) is 0 Å². The molecule has 7 aromatic carbocycles. The SMILES string of the molecule is c1ccc(-c2cccc(N(c3ccc4ccccc4c3)c3ccc4ccc5ccc6c7ncccc7oc6c5c4c3)c2)cc1. The van der Waals surface area contributed by atoms with Crippen molar-refractivity contribution in [1.29, 1.82) is 0 Å². The van der Waals surface area contributed by atoms with Crippen molar-refractivity contribution in [2.24, 2.45) is 0 Å². The minimum absolute atomic E-state index is 0.804. The minimum atomic E-state index is 0.804. The van der Waals surface area contributed by atoms with Crippen molar-refractivity contribution in [2.45, 2.75) is 0 Å². The van der Waals surface area contributed by atoms with Gasteiger partial charge < -0.3 is 9.32 Å². The second-order valence-electron chi connectivity index (χ2n) is 11.2. The lowest BCUT2D eigenvalue weighted by Gasteiger charge is -2.27. The van der Waals surface area contributed by atoms with Crippen LogP contribution in [0.5, 0.6) is 0 Å². The summed E-state index contributed by atoms with van der Waals surface area (Å²) in [5.41, 5.74) is 8.23. The summed E-state index contributed by atoms with van der Waals surface area (Å²) in [6.45, 7) is 0. The third-order valence-corrected chi connectivity index (χ3v) is 8.64. The van der Waals surface area contributed by atoms with E-state index in [2.05, 4.69) is 149 Å². The molecule has 0 aliphatic carbocycles. The lowest BCUT2D eigenvalue weighted by molar-refractivity contribution is 0.672. The Bertz CT molecular complexity index is 2510. The van der Waals surface area contributed by atoms with Gasteiger partial charge in [-0.15, -0.1) is 0 Å². The van der Waals surface area contributed by atoms with Gasteiger partial charge in [-0.05, 0) is 92.7 Å². The minimum Gasteiger partial charge on any atom is -0.454 e. The maximum atomic E-state index is 6.48. The van der Waals surface area contributed by atoms with Crippen molar-refractivity contribution in [3.63, 3.8) is 0 Å². The Labute approximate surface area is 254 Å². The number of benzene rings is 7. The van der Waals surface area contributed by atoms with Crippen molar-refractivity contribution in [2.75, 3.05) is 4.90 Å². The van der Waals surface area contributed by atoms with E-state index in [0.717, 1.165) is 55.3 Å². The third-order valence-electron chi connectivity index (χ3n) is 8.64. The zero-order valence-corrected chi connectivity index (χ0v) is 23.8.